The van der Waals surface area contributed by atoms with Gasteiger partial charge in [0.25, 0.3) is 11.6 Å². The molecule has 0 aliphatic carbocycles. The van der Waals surface area contributed by atoms with Crippen LogP contribution in [-0.2, 0) is 45.9 Å². The van der Waals surface area contributed by atoms with Crippen LogP contribution in [0.1, 0.15) is 55.5 Å². The molecule has 0 radical (unpaired) electrons. The Labute approximate surface area is 385 Å². The van der Waals surface area contributed by atoms with Crippen LogP contribution in [0.4, 0.5) is 22.7 Å². The van der Waals surface area contributed by atoms with E-state index in [1.165, 1.54) is 12.1 Å². The number of ether oxygens (including phenoxy) is 3. The topological polar surface area (TPSA) is 195 Å². The number of benzene rings is 4. The van der Waals surface area contributed by atoms with Gasteiger partial charge in [-0.15, -0.1) is 5.10 Å². The van der Waals surface area contributed by atoms with E-state index in [1.807, 2.05) is 74.6 Å². The molecule has 66 heavy (non-hydrogen) atoms. The number of methoxy groups -OCH3 is 1. The van der Waals surface area contributed by atoms with E-state index in [9.17, 15) is 25.1 Å². The number of non-ortho nitro benzene ring substituents is 1. The zero-order valence-electron chi connectivity index (χ0n) is 38.2. The molecule has 17 heteroatoms. The predicted octanol–water partition coefficient (Wildman–Crippen LogP) is 5.93. The zero-order chi connectivity index (χ0) is 46.8. The first-order valence-corrected chi connectivity index (χ1v) is 25.9. The molecule has 4 heterocycles. The first-order valence-electron chi connectivity index (χ1n) is 22.8. The van der Waals surface area contributed by atoms with Crippen LogP contribution in [0.3, 0.4) is 0 Å². The van der Waals surface area contributed by atoms with Gasteiger partial charge in [0, 0.05) is 61.7 Å². The second-order valence-electron chi connectivity index (χ2n) is 18.0. The quantitative estimate of drug-likeness (QED) is 0.0383. The summed E-state index contributed by atoms with van der Waals surface area (Å²) in [5.41, 5.74) is 2.91. The number of nitrogens with zero attached hydrogens (tertiary/aromatic N) is 6. The summed E-state index contributed by atoms with van der Waals surface area (Å²) in [6.45, 7) is 10.2. The lowest BCUT2D eigenvalue weighted by molar-refractivity contribution is -0.385. The van der Waals surface area contributed by atoms with Crippen LogP contribution in [0, 0.1) is 16.0 Å². The summed E-state index contributed by atoms with van der Waals surface area (Å²) in [4.78, 5) is 45.4. The third-order valence-electron chi connectivity index (χ3n) is 13.7. The van der Waals surface area contributed by atoms with Gasteiger partial charge >= 0.3 is 0 Å². The molecule has 1 aromatic heterocycles. The molecule has 1 fully saturated rings. The lowest BCUT2D eigenvalue weighted by Crippen LogP contribution is -2.51. The number of aliphatic hydroxyl groups is 2. The van der Waals surface area contributed by atoms with E-state index in [4.69, 9.17) is 14.2 Å². The summed E-state index contributed by atoms with van der Waals surface area (Å²) in [5.74, 6) is 0.615. The van der Waals surface area contributed by atoms with Gasteiger partial charge < -0.3 is 34.6 Å². The summed E-state index contributed by atoms with van der Waals surface area (Å²) in [7, 11) is -0.913. The number of hydrogen-bond acceptors (Lipinski definition) is 12. The highest BCUT2D eigenvalue weighted by Crippen LogP contribution is 2.60. The molecule has 8 rings (SSSR count). The molecule has 4 aromatic carbocycles. The maximum Gasteiger partial charge on any atom is 0.269 e. The average Bonchev–Trinajstić information content (AvgIpc) is 3.96. The maximum atomic E-state index is 15.6. The normalized spacial score (nSPS) is 21.4. The van der Waals surface area contributed by atoms with Crippen LogP contribution >= 0.6 is 0 Å². The Bertz CT molecular complexity index is 2570. The Hall–Kier alpha value is -5.98. The number of aromatic nitrogens is 3. The molecule has 2 amide bonds. The number of amides is 2. The molecule has 1 spiro atoms. The first kappa shape index (κ1) is 46.5. The summed E-state index contributed by atoms with van der Waals surface area (Å²) in [5, 5.41) is 44.4. The molecule has 1 saturated heterocycles. The van der Waals surface area contributed by atoms with Crippen molar-refractivity contribution in [1.82, 2.24) is 20.3 Å². The number of hydrogen-bond donors (Lipinski definition) is 3. The standard InChI is InChI=1S/C49H59N7O9Si/c1-6-64-39-15-19-43-34(27-39)28-42(50-22-7-8-24-57)47(59)55(43)36-11-9-10-33(26-36)30-54-44-18-12-37(56(61)62)29-41(44)49(48(54)60)32(2)46(66(4,5)40-16-13-38(63-3)14-17-40)45(65-49)20-23-53-31-35(21-25-58)51-52-53/h9-19,26-27,29,31-32,42,45-46,50,57-58H,6-8,20-25,28,30H2,1-5H3/t32-,42?,45+,46-,49+/m0/s1. The van der Waals surface area contributed by atoms with Crippen LogP contribution in [0.15, 0.2) is 91.1 Å². The second-order valence-corrected chi connectivity index (χ2v) is 22.6. The van der Waals surface area contributed by atoms with Gasteiger partial charge in [-0.2, -0.15) is 0 Å². The summed E-state index contributed by atoms with van der Waals surface area (Å²) >= 11 is 0. The molecule has 348 valence electrons. The third-order valence-corrected chi connectivity index (χ3v) is 18.0. The van der Waals surface area contributed by atoms with Crippen LogP contribution in [-0.4, -0.2) is 95.6 Å². The van der Waals surface area contributed by atoms with Crippen molar-refractivity contribution in [2.75, 3.05) is 43.3 Å². The van der Waals surface area contributed by atoms with E-state index in [2.05, 4.69) is 40.9 Å². The minimum atomic E-state index is -2.54. The van der Waals surface area contributed by atoms with E-state index < -0.39 is 36.7 Å². The third kappa shape index (κ3) is 8.73. The Kier molecular flexibility index (Phi) is 13.7. The molecule has 0 bridgehead atoms. The number of anilines is 3. The number of unbranched alkanes of at least 4 members (excludes halogenated alkanes) is 1. The fraction of sp³-hybridized carbons (Fsp3) is 0.429. The van der Waals surface area contributed by atoms with Gasteiger partial charge in [0.15, 0.2) is 5.60 Å². The zero-order valence-corrected chi connectivity index (χ0v) is 39.2. The fourth-order valence-electron chi connectivity index (χ4n) is 10.5. The molecule has 3 aliphatic heterocycles. The van der Waals surface area contributed by atoms with Crippen molar-refractivity contribution >= 4 is 47.8 Å². The van der Waals surface area contributed by atoms with Crippen molar-refractivity contribution in [3.05, 3.63) is 124 Å². The number of nitro benzene ring substituents is 1. The van der Waals surface area contributed by atoms with E-state index in [1.54, 1.807) is 27.7 Å². The lowest BCUT2D eigenvalue weighted by Gasteiger charge is -2.37. The molecule has 0 saturated carbocycles. The minimum absolute atomic E-state index is 0.0482. The number of fused-ring (bicyclic) bond motifs is 3. The van der Waals surface area contributed by atoms with E-state index >= 15 is 4.79 Å². The SMILES string of the molecule is CCOc1ccc2c(c1)CC(NCCCCO)C(=O)N2c1cccc(CN2C(=O)[C@]3(O[C@H](CCn4cc(CCO)nn4)[C@@H]([Si](C)(C)c4ccc(OC)cc4)[C@@H]3C)c3cc([N+](=O)[O-])ccc32)c1. The maximum absolute atomic E-state index is 15.6. The smallest absolute Gasteiger partial charge is 0.269 e. The highest BCUT2D eigenvalue weighted by atomic mass is 28.3. The summed E-state index contributed by atoms with van der Waals surface area (Å²) < 4.78 is 20.3. The Balaban J connectivity index is 1.16. The Morgan fingerprint density at radius 1 is 0.985 bits per heavy atom. The number of rotatable bonds is 19. The number of aryl methyl sites for hydroxylation is 1. The highest BCUT2D eigenvalue weighted by Gasteiger charge is 2.66. The van der Waals surface area contributed by atoms with Crippen molar-refractivity contribution in [3.63, 3.8) is 0 Å². The van der Waals surface area contributed by atoms with Gasteiger partial charge in [-0.1, -0.05) is 54.7 Å². The van der Waals surface area contributed by atoms with Crippen molar-refractivity contribution < 1.29 is 38.9 Å². The van der Waals surface area contributed by atoms with Gasteiger partial charge in [0.1, 0.15) is 11.5 Å². The Morgan fingerprint density at radius 3 is 2.48 bits per heavy atom. The van der Waals surface area contributed by atoms with Gasteiger partial charge in [0.05, 0.1) is 62.5 Å². The van der Waals surface area contributed by atoms with E-state index in [0.29, 0.717) is 73.8 Å². The molecule has 3 N–H and O–H groups in total. The number of carbonyl (C=O) groups excluding carboxylic acids is 2. The largest absolute Gasteiger partial charge is 0.497 e. The van der Waals surface area contributed by atoms with Crippen molar-refractivity contribution in [2.24, 2.45) is 5.92 Å². The molecular weight excluding hydrogens is 859 g/mol. The average molecular weight is 918 g/mol. The van der Waals surface area contributed by atoms with Crippen molar-refractivity contribution in [1.29, 1.82) is 0 Å². The van der Waals surface area contributed by atoms with Gasteiger partial charge in [-0.3, -0.25) is 29.3 Å². The lowest BCUT2D eigenvalue weighted by atomic mass is 9.82. The summed E-state index contributed by atoms with van der Waals surface area (Å²) in [6.07, 6.45) is 4.04. The minimum Gasteiger partial charge on any atom is -0.497 e. The van der Waals surface area contributed by atoms with Gasteiger partial charge in [-0.25, -0.2) is 0 Å². The van der Waals surface area contributed by atoms with E-state index in [-0.39, 0.29) is 42.8 Å². The van der Waals surface area contributed by atoms with Crippen LogP contribution in [0.5, 0.6) is 11.5 Å². The first-order chi connectivity index (χ1) is 31.8. The molecule has 5 aromatic rings. The second kappa shape index (κ2) is 19.5. The van der Waals surface area contributed by atoms with Crippen LogP contribution in [0.25, 0.3) is 0 Å². The molecule has 3 aliphatic rings. The fourth-order valence-corrected chi connectivity index (χ4v) is 14.5. The molecule has 1 unspecified atom stereocenters. The van der Waals surface area contributed by atoms with Crippen molar-refractivity contribution in [2.45, 2.75) is 95.4 Å². The van der Waals surface area contributed by atoms with Crippen LogP contribution < -0.4 is 29.8 Å². The number of aliphatic hydroxyl groups excluding tert-OH is 2. The molecular formula is C49H59N7O9Si. The number of nitrogens with one attached hydrogen (secondary N) is 1. The molecule has 16 nitrogen and oxygen atoms in total. The van der Waals surface area contributed by atoms with Gasteiger partial charge in [-0.05, 0) is 104 Å². The summed E-state index contributed by atoms with van der Waals surface area (Å²) in [6, 6.07) is 25.5. The number of nitro groups is 1. The highest BCUT2D eigenvalue weighted by molar-refractivity contribution is 6.91. The van der Waals surface area contributed by atoms with E-state index in [0.717, 1.165) is 34.2 Å². The molecule has 5 atom stereocenters. The van der Waals surface area contributed by atoms with Crippen LogP contribution in [0.2, 0.25) is 18.6 Å². The monoisotopic (exact) mass is 917 g/mol. The Morgan fingerprint density at radius 2 is 1.76 bits per heavy atom. The van der Waals surface area contributed by atoms with Crippen molar-refractivity contribution in [3.8, 4) is 11.5 Å². The number of carbonyl (C=O) groups is 2. The predicted molar refractivity (Wildman–Crippen MR) is 252 cm³/mol. The van der Waals surface area contributed by atoms with Gasteiger partial charge in [0.2, 0.25) is 5.91 Å².